The minimum absolute atomic E-state index is 0.0650. The van der Waals surface area contributed by atoms with Crippen molar-refractivity contribution in [3.05, 3.63) is 29.6 Å². The fourth-order valence-electron chi connectivity index (χ4n) is 3.14. The summed E-state index contributed by atoms with van der Waals surface area (Å²) in [6.45, 7) is 8.81. The number of nitrogens with zero attached hydrogens (tertiary/aromatic N) is 2. The molecule has 1 aliphatic rings. The van der Waals surface area contributed by atoms with E-state index in [2.05, 4.69) is 43.5 Å². The second-order valence-electron chi connectivity index (χ2n) is 6.29. The lowest BCUT2D eigenvalue weighted by atomic mass is 9.97. The fraction of sp³-hybridized carbons (Fsp3) is 0.562. The van der Waals surface area contributed by atoms with Crippen LogP contribution in [0.1, 0.15) is 50.4 Å². The first-order chi connectivity index (χ1) is 8.93. The van der Waals surface area contributed by atoms with Crippen molar-refractivity contribution in [2.75, 3.05) is 0 Å². The summed E-state index contributed by atoms with van der Waals surface area (Å²) in [5, 5.41) is -0.0650. The first-order valence-corrected chi connectivity index (χ1v) is 7.49. The number of hydrogen-bond donors (Lipinski definition) is 0. The number of alkyl halides is 1. The fourth-order valence-corrected chi connectivity index (χ4v) is 3.28. The molecule has 1 aromatic carbocycles. The van der Waals surface area contributed by atoms with Crippen molar-refractivity contribution in [1.82, 2.24) is 9.55 Å². The van der Waals surface area contributed by atoms with Crippen molar-refractivity contribution in [3.8, 4) is 0 Å². The molecule has 102 valence electrons. The Morgan fingerprint density at radius 3 is 2.63 bits per heavy atom. The molecular formula is C16H21ClN2. The lowest BCUT2D eigenvalue weighted by molar-refractivity contribution is 0.304. The molecule has 2 aromatic rings. The van der Waals surface area contributed by atoms with Gasteiger partial charge in [-0.1, -0.05) is 12.1 Å². The molecule has 2 nitrogen and oxygen atoms in total. The predicted octanol–water partition coefficient (Wildman–Crippen LogP) is 4.79. The highest BCUT2D eigenvalue weighted by Crippen LogP contribution is 2.46. The van der Waals surface area contributed by atoms with Crippen LogP contribution in [-0.2, 0) is 5.54 Å². The Balaban J connectivity index is 2.33. The quantitative estimate of drug-likeness (QED) is 0.737. The van der Waals surface area contributed by atoms with Crippen molar-refractivity contribution in [2.45, 2.75) is 51.5 Å². The Morgan fingerprint density at radius 2 is 2.05 bits per heavy atom. The standard InChI is InChI=1S/C16H21ClN2/c1-10-6-5-7-13-14(10)19(15(18-13)11(2)17)16(3,4)12-8-9-12/h5-7,11-12H,8-9H2,1-4H3. The van der Waals surface area contributed by atoms with Crippen LogP contribution in [-0.4, -0.2) is 9.55 Å². The van der Waals surface area contributed by atoms with Gasteiger partial charge in [0, 0.05) is 5.54 Å². The number of aryl methyl sites for hydroxylation is 1. The van der Waals surface area contributed by atoms with Crippen LogP contribution in [0.15, 0.2) is 18.2 Å². The highest BCUT2D eigenvalue weighted by Gasteiger charge is 2.41. The van der Waals surface area contributed by atoms with Crippen LogP contribution in [0, 0.1) is 12.8 Å². The van der Waals surface area contributed by atoms with E-state index in [1.807, 2.05) is 6.92 Å². The van der Waals surface area contributed by atoms with Crippen molar-refractivity contribution >= 4 is 22.6 Å². The van der Waals surface area contributed by atoms with Gasteiger partial charge in [0.15, 0.2) is 0 Å². The Hall–Kier alpha value is -1.02. The molecule has 1 aliphatic carbocycles. The maximum Gasteiger partial charge on any atom is 0.128 e. The molecule has 0 spiro atoms. The van der Waals surface area contributed by atoms with Gasteiger partial charge in [-0.05, 0) is 58.1 Å². The third-order valence-electron chi connectivity index (χ3n) is 4.41. The SMILES string of the molecule is Cc1cccc2nc(C(C)Cl)n(C(C)(C)C3CC3)c12. The second-order valence-corrected chi connectivity index (χ2v) is 6.95. The van der Waals surface area contributed by atoms with Gasteiger partial charge < -0.3 is 4.57 Å². The third-order valence-corrected chi connectivity index (χ3v) is 4.61. The van der Waals surface area contributed by atoms with E-state index in [1.54, 1.807) is 0 Å². The number of fused-ring (bicyclic) bond motifs is 1. The Bertz CT molecular complexity index is 621. The molecule has 3 rings (SSSR count). The van der Waals surface area contributed by atoms with Crippen molar-refractivity contribution < 1.29 is 0 Å². The van der Waals surface area contributed by atoms with Gasteiger partial charge in [-0.2, -0.15) is 0 Å². The monoisotopic (exact) mass is 276 g/mol. The minimum atomic E-state index is -0.0650. The molecule has 0 N–H and O–H groups in total. The zero-order valence-electron chi connectivity index (χ0n) is 12.1. The zero-order valence-corrected chi connectivity index (χ0v) is 12.8. The van der Waals surface area contributed by atoms with Crippen LogP contribution in [0.3, 0.4) is 0 Å². The largest absolute Gasteiger partial charge is 0.321 e. The number of halogens is 1. The van der Waals surface area contributed by atoms with Gasteiger partial charge >= 0.3 is 0 Å². The lowest BCUT2D eigenvalue weighted by Gasteiger charge is -2.30. The van der Waals surface area contributed by atoms with E-state index >= 15 is 0 Å². The molecule has 1 heterocycles. The molecule has 0 aliphatic heterocycles. The summed E-state index contributed by atoms with van der Waals surface area (Å²) >= 11 is 6.38. The molecule has 1 fully saturated rings. The minimum Gasteiger partial charge on any atom is -0.321 e. The number of hydrogen-bond acceptors (Lipinski definition) is 1. The van der Waals surface area contributed by atoms with Crippen LogP contribution < -0.4 is 0 Å². The summed E-state index contributed by atoms with van der Waals surface area (Å²) in [5.41, 5.74) is 3.69. The first-order valence-electron chi connectivity index (χ1n) is 7.05. The number of para-hydroxylation sites is 1. The van der Waals surface area contributed by atoms with Crippen LogP contribution in [0.4, 0.5) is 0 Å². The van der Waals surface area contributed by atoms with E-state index in [4.69, 9.17) is 16.6 Å². The van der Waals surface area contributed by atoms with Gasteiger partial charge in [0.05, 0.1) is 16.4 Å². The Morgan fingerprint density at radius 1 is 1.37 bits per heavy atom. The number of aromatic nitrogens is 2. The van der Waals surface area contributed by atoms with E-state index in [1.165, 1.54) is 23.9 Å². The summed E-state index contributed by atoms with van der Waals surface area (Å²) in [5.74, 6) is 1.75. The smallest absolute Gasteiger partial charge is 0.128 e. The van der Waals surface area contributed by atoms with E-state index in [0.717, 1.165) is 17.3 Å². The van der Waals surface area contributed by atoms with Crippen LogP contribution >= 0.6 is 11.6 Å². The zero-order chi connectivity index (χ0) is 13.8. The summed E-state index contributed by atoms with van der Waals surface area (Å²) in [6.07, 6.45) is 2.63. The maximum absolute atomic E-state index is 6.38. The lowest BCUT2D eigenvalue weighted by Crippen LogP contribution is -2.30. The van der Waals surface area contributed by atoms with Gasteiger partial charge in [-0.25, -0.2) is 4.98 Å². The predicted molar refractivity (Wildman–Crippen MR) is 80.8 cm³/mol. The molecule has 0 amide bonds. The maximum atomic E-state index is 6.38. The number of benzene rings is 1. The Kier molecular flexibility index (Phi) is 2.90. The molecule has 1 unspecified atom stereocenters. The summed E-state index contributed by atoms with van der Waals surface area (Å²) in [6, 6.07) is 6.32. The highest BCUT2D eigenvalue weighted by molar-refractivity contribution is 6.20. The topological polar surface area (TPSA) is 17.8 Å². The van der Waals surface area contributed by atoms with E-state index in [9.17, 15) is 0 Å². The summed E-state index contributed by atoms with van der Waals surface area (Å²) < 4.78 is 2.40. The van der Waals surface area contributed by atoms with Crippen LogP contribution in [0.25, 0.3) is 11.0 Å². The summed E-state index contributed by atoms with van der Waals surface area (Å²) in [7, 11) is 0. The average molecular weight is 277 g/mol. The van der Waals surface area contributed by atoms with Gasteiger partial charge in [0.2, 0.25) is 0 Å². The van der Waals surface area contributed by atoms with Crippen LogP contribution in [0.2, 0.25) is 0 Å². The number of rotatable bonds is 3. The molecule has 1 atom stereocenters. The normalized spacial score (nSPS) is 17.9. The van der Waals surface area contributed by atoms with Crippen molar-refractivity contribution in [3.63, 3.8) is 0 Å². The molecule has 0 radical (unpaired) electrons. The van der Waals surface area contributed by atoms with Crippen LogP contribution in [0.5, 0.6) is 0 Å². The molecule has 1 aromatic heterocycles. The summed E-state index contributed by atoms with van der Waals surface area (Å²) in [4.78, 5) is 4.78. The highest BCUT2D eigenvalue weighted by atomic mass is 35.5. The molecular weight excluding hydrogens is 256 g/mol. The van der Waals surface area contributed by atoms with Gasteiger partial charge in [-0.3, -0.25) is 0 Å². The average Bonchev–Trinajstić information content (AvgIpc) is 3.10. The molecule has 19 heavy (non-hydrogen) atoms. The van der Waals surface area contributed by atoms with Gasteiger partial charge in [0.1, 0.15) is 5.82 Å². The Labute approximate surface area is 119 Å². The second kappa shape index (κ2) is 4.24. The third kappa shape index (κ3) is 1.97. The first kappa shape index (κ1) is 13.0. The van der Waals surface area contributed by atoms with Gasteiger partial charge in [-0.15, -0.1) is 11.6 Å². The van der Waals surface area contributed by atoms with Crippen molar-refractivity contribution in [1.29, 1.82) is 0 Å². The number of imidazole rings is 1. The van der Waals surface area contributed by atoms with Crippen molar-refractivity contribution in [2.24, 2.45) is 5.92 Å². The molecule has 0 saturated heterocycles. The van der Waals surface area contributed by atoms with E-state index in [-0.39, 0.29) is 10.9 Å². The van der Waals surface area contributed by atoms with Gasteiger partial charge in [0.25, 0.3) is 0 Å². The van der Waals surface area contributed by atoms with E-state index < -0.39 is 0 Å². The van der Waals surface area contributed by atoms with E-state index in [0.29, 0.717) is 0 Å². The molecule has 0 bridgehead atoms. The molecule has 3 heteroatoms. The molecule has 1 saturated carbocycles.